The van der Waals surface area contributed by atoms with Crippen molar-refractivity contribution in [2.45, 2.75) is 108 Å². The Balaban J connectivity index is 1.34. The Morgan fingerprint density at radius 3 is 2.50 bits per heavy atom. The second kappa shape index (κ2) is 11.2. The Bertz CT molecular complexity index is 1540. The molecular formula is C32H46N6O6. The van der Waals surface area contributed by atoms with E-state index in [1.807, 2.05) is 6.92 Å². The number of likely N-dealkylation sites (N-methyl/N-ethyl adjacent to an activating group) is 1. The summed E-state index contributed by atoms with van der Waals surface area (Å²) in [7, 11) is 5.50. The third kappa shape index (κ3) is 4.46. The quantitative estimate of drug-likeness (QED) is 0.466. The van der Waals surface area contributed by atoms with Crippen LogP contribution in [0.15, 0.2) is 16.1 Å². The van der Waals surface area contributed by atoms with Crippen LogP contribution in [-0.4, -0.2) is 87.7 Å². The first-order valence-corrected chi connectivity index (χ1v) is 16.4. The van der Waals surface area contributed by atoms with Crippen LogP contribution >= 0.6 is 0 Å². The molecule has 0 amide bonds. The van der Waals surface area contributed by atoms with Gasteiger partial charge in [-0.15, -0.1) is 0 Å². The van der Waals surface area contributed by atoms with E-state index >= 15 is 0 Å². The number of Topliss-reactive ketones (excluding diaryl/α,β-unsaturated/α-hetero) is 1. The number of allylic oxidation sites excluding steroid dienone is 1. The van der Waals surface area contributed by atoms with Crippen LogP contribution in [-0.2, 0) is 21.3 Å². The fraction of sp³-hybridized carbons (Fsp3) is 0.750. The molecule has 2 aromatic heterocycles. The molecule has 2 saturated carbocycles. The molecule has 2 spiro atoms. The molecule has 12 nitrogen and oxygen atoms in total. The first-order valence-electron chi connectivity index (χ1n) is 16.4. The smallest absolute Gasteiger partial charge is 0.330 e. The van der Waals surface area contributed by atoms with Crippen LogP contribution in [0.4, 0.5) is 0 Å². The summed E-state index contributed by atoms with van der Waals surface area (Å²) in [6, 6.07) is 0.124. The predicted molar refractivity (Wildman–Crippen MR) is 163 cm³/mol. The van der Waals surface area contributed by atoms with Gasteiger partial charge in [0.2, 0.25) is 17.5 Å². The van der Waals surface area contributed by atoms with E-state index in [0.29, 0.717) is 54.9 Å². The van der Waals surface area contributed by atoms with Gasteiger partial charge in [-0.1, -0.05) is 6.42 Å². The van der Waals surface area contributed by atoms with Crippen molar-refractivity contribution in [3.05, 3.63) is 27.6 Å². The average molecular weight is 611 g/mol. The zero-order chi connectivity index (χ0) is 30.8. The lowest BCUT2D eigenvalue weighted by Gasteiger charge is -2.52. The standard InChI is InChI=1S/C32H46N6O6/c1-19(23-10-8-14-36(23)2)44-29-24-28(38(30(40)37(24)3)20-17-21(18-20)41-4)34-27(35-29)25(39)22-9-7-12-31(26(22)33)11-5-6-13-32(31)42-15-16-43-32/h19-21,23H,5-18,33H2,1-4H3/t19-,20?,21?,23-,31-/m0/s1. The molecule has 2 N–H and O–H groups in total. The van der Waals surface area contributed by atoms with Gasteiger partial charge in [-0.25, -0.2) is 9.78 Å². The number of aryl methyl sites for hydroxylation is 1. The minimum atomic E-state index is -0.787. The van der Waals surface area contributed by atoms with Crippen molar-refractivity contribution in [1.29, 1.82) is 0 Å². The lowest BCUT2D eigenvalue weighted by atomic mass is 9.61. The fourth-order valence-electron chi connectivity index (χ4n) is 8.71. The van der Waals surface area contributed by atoms with Gasteiger partial charge in [0.1, 0.15) is 6.10 Å². The maximum Gasteiger partial charge on any atom is 0.330 e. The number of fused-ring (bicyclic) bond motifs is 2. The molecule has 5 aliphatic rings. The summed E-state index contributed by atoms with van der Waals surface area (Å²) in [5.41, 5.74) is 8.25. The molecule has 3 atom stereocenters. The number of rotatable bonds is 7. The Labute approximate surface area is 257 Å². The van der Waals surface area contributed by atoms with Gasteiger partial charge in [-0.05, 0) is 78.3 Å². The number of carbonyl (C=O) groups is 1. The van der Waals surface area contributed by atoms with Crippen molar-refractivity contribution in [3.8, 4) is 5.88 Å². The molecule has 2 aliphatic heterocycles. The zero-order valence-electron chi connectivity index (χ0n) is 26.5. The molecule has 7 rings (SSSR count). The topological polar surface area (TPSA) is 136 Å². The van der Waals surface area contributed by atoms with Gasteiger partial charge >= 0.3 is 5.69 Å². The van der Waals surface area contributed by atoms with E-state index in [9.17, 15) is 9.59 Å². The van der Waals surface area contributed by atoms with Crippen LogP contribution in [0.25, 0.3) is 11.2 Å². The highest BCUT2D eigenvalue weighted by molar-refractivity contribution is 6.07. The van der Waals surface area contributed by atoms with Crippen LogP contribution in [0.3, 0.4) is 0 Å². The van der Waals surface area contributed by atoms with Crippen LogP contribution in [0.2, 0.25) is 0 Å². The highest BCUT2D eigenvalue weighted by atomic mass is 16.7. The molecule has 44 heavy (non-hydrogen) atoms. The molecule has 0 bridgehead atoms. The lowest BCUT2D eigenvalue weighted by Crippen LogP contribution is -2.56. The largest absolute Gasteiger partial charge is 0.471 e. The Morgan fingerprint density at radius 1 is 1.07 bits per heavy atom. The van der Waals surface area contributed by atoms with Gasteiger partial charge in [-0.3, -0.25) is 18.8 Å². The summed E-state index contributed by atoms with van der Waals surface area (Å²) in [5.74, 6) is -0.836. The molecule has 0 radical (unpaired) electrons. The highest BCUT2D eigenvalue weighted by Gasteiger charge is 2.60. The lowest BCUT2D eigenvalue weighted by molar-refractivity contribution is -0.248. The SMILES string of the molecule is COC1CC(n2c(=O)n(C)c3c(O[C@@H](C)[C@@H]4CCCN4C)nc(C(=O)C4=C(N)[C@]5(CCCCC56OCCO6)CCC4)nc32)C1. The fourth-order valence-corrected chi connectivity index (χ4v) is 8.71. The average Bonchev–Trinajstić information content (AvgIpc) is 3.71. The van der Waals surface area contributed by atoms with Crippen molar-refractivity contribution < 1.29 is 23.7 Å². The van der Waals surface area contributed by atoms with Crippen LogP contribution in [0.5, 0.6) is 5.88 Å². The van der Waals surface area contributed by atoms with Crippen LogP contribution in [0.1, 0.15) is 94.2 Å². The Kier molecular flexibility index (Phi) is 7.62. The summed E-state index contributed by atoms with van der Waals surface area (Å²) >= 11 is 0. The van der Waals surface area contributed by atoms with Gasteiger partial charge in [0.05, 0.1) is 24.7 Å². The molecule has 0 aromatic carbocycles. The third-order valence-electron chi connectivity index (χ3n) is 11.3. The number of hydrogen-bond donors (Lipinski definition) is 1. The molecule has 2 aromatic rings. The van der Waals surface area contributed by atoms with E-state index in [1.165, 1.54) is 0 Å². The van der Waals surface area contributed by atoms with Crippen molar-refractivity contribution in [1.82, 2.24) is 24.0 Å². The number of methoxy groups -OCH3 is 1. The summed E-state index contributed by atoms with van der Waals surface area (Å²) in [6.45, 7) is 4.10. The summed E-state index contributed by atoms with van der Waals surface area (Å²) in [4.78, 5) is 40.0. The monoisotopic (exact) mass is 610 g/mol. The van der Waals surface area contributed by atoms with E-state index in [0.717, 1.165) is 57.9 Å². The van der Waals surface area contributed by atoms with Gasteiger partial charge in [0.15, 0.2) is 17.0 Å². The minimum absolute atomic E-state index is 0.00885. The van der Waals surface area contributed by atoms with Crippen LogP contribution < -0.4 is 16.2 Å². The number of nitrogens with zero attached hydrogens (tertiary/aromatic N) is 5. The summed E-state index contributed by atoms with van der Waals surface area (Å²) in [6.07, 6.45) is 9.12. The molecule has 3 aliphatic carbocycles. The van der Waals surface area contributed by atoms with E-state index < -0.39 is 11.2 Å². The first kappa shape index (κ1) is 29.9. The zero-order valence-corrected chi connectivity index (χ0v) is 26.5. The maximum absolute atomic E-state index is 14.5. The van der Waals surface area contributed by atoms with Gasteiger partial charge in [0.25, 0.3) is 0 Å². The van der Waals surface area contributed by atoms with E-state index in [-0.39, 0.29) is 47.5 Å². The number of likely N-dealkylation sites (tertiary alicyclic amines) is 1. The summed E-state index contributed by atoms with van der Waals surface area (Å²) < 4.78 is 27.9. The third-order valence-corrected chi connectivity index (χ3v) is 11.3. The van der Waals surface area contributed by atoms with Gasteiger partial charge in [-0.2, -0.15) is 4.98 Å². The summed E-state index contributed by atoms with van der Waals surface area (Å²) in [5, 5.41) is 0. The first-order chi connectivity index (χ1) is 21.2. The number of ether oxygens (including phenoxy) is 4. The number of nitrogens with two attached hydrogens (primary N) is 1. The number of hydrogen-bond acceptors (Lipinski definition) is 10. The number of aromatic nitrogens is 4. The number of ketones is 1. The van der Waals surface area contributed by atoms with Crippen molar-refractivity contribution >= 4 is 16.9 Å². The number of imidazole rings is 1. The minimum Gasteiger partial charge on any atom is -0.471 e. The molecule has 240 valence electrons. The van der Waals surface area contributed by atoms with Crippen molar-refractivity contribution in [3.63, 3.8) is 0 Å². The predicted octanol–water partition coefficient (Wildman–Crippen LogP) is 3.22. The molecule has 2 saturated heterocycles. The van der Waals surface area contributed by atoms with Gasteiger partial charge in [0, 0.05) is 43.9 Å². The molecule has 0 unspecified atom stereocenters. The Hall–Kier alpha value is -2.80. The molecule has 12 heteroatoms. The Morgan fingerprint density at radius 2 is 1.80 bits per heavy atom. The van der Waals surface area contributed by atoms with E-state index in [2.05, 4.69) is 11.9 Å². The van der Waals surface area contributed by atoms with Crippen molar-refractivity contribution in [2.24, 2.45) is 18.2 Å². The second-order valence-electron chi connectivity index (χ2n) is 13.5. The van der Waals surface area contributed by atoms with Crippen molar-refractivity contribution in [2.75, 3.05) is 33.9 Å². The normalized spacial score (nSPS) is 31.2. The van der Waals surface area contributed by atoms with E-state index in [4.69, 9.17) is 34.6 Å². The van der Waals surface area contributed by atoms with E-state index in [1.54, 1.807) is 23.3 Å². The molecule has 4 heterocycles. The second-order valence-corrected chi connectivity index (χ2v) is 13.5. The van der Waals surface area contributed by atoms with Crippen LogP contribution in [0, 0.1) is 5.41 Å². The highest BCUT2D eigenvalue weighted by Crippen LogP contribution is 2.57. The molecular weight excluding hydrogens is 564 g/mol. The maximum atomic E-state index is 14.5. The molecule has 4 fully saturated rings. The number of carbonyl (C=O) groups excluding carboxylic acids is 1. The van der Waals surface area contributed by atoms with Gasteiger partial charge < -0.3 is 24.7 Å².